The van der Waals surface area contributed by atoms with Crippen molar-refractivity contribution < 1.29 is 19.1 Å². The maximum Gasteiger partial charge on any atom is 0.350 e. The lowest BCUT2D eigenvalue weighted by atomic mass is 10.1. The number of rotatable bonds is 8. The van der Waals surface area contributed by atoms with Crippen LogP contribution in [0.25, 0.3) is 0 Å². The highest BCUT2D eigenvalue weighted by Gasteiger charge is 2.17. The van der Waals surface area contributed by atoms with Crippen LogP contribution in [0.15, 0.2) is 36.9 Å². The Morgan fingerprint density at radius 3 is 2.84 bits per heavy atom. The van der Waals surface area contributed by atoms with Crippen molar-refractivity contribution in [3.8, 4) is 5.75 Å². The van der Waals surface area contributed by atoms with Crippen LogP contribution in [0.1, 0.15) is 27.9 Å². The Kier molecular flexibility index (Phi) is 6.71. The molecule has 0 spiro atoms. The molecule has 7 heteroatoms. The molecule has 0 saturated carbocycles. The van der Waals surface area contributed by atoms with E-state index in [1.165, 1.54) is 0 Å². The normalized spacial score (nSPS) is 10.2. The topological polar surface area (TPSA) is 77.5 Å². The summed E-state index contributed by atoms with van der Waals surface area (Å²) >= 11 is 1.08. The molecule has 1 heterocycles. The molecule has 25 heavy (non-hydrogen) atoms. The van der Waals surface area contributed by atoms with Gasteiger partial charge in [0.25, 0.3) is 5.91 Å². The van der Waals surface area contributed by atoms with Gasteiger partial charge in [0.05, 0.1) is 12.3 Å². The lowest BCUT2D eigenvalue weighted by Gasteiger charge is -2.09. The smallest absolute Gasteiger partial charge is 0.350 e. The molecule has 0 atom stereocenters. The van der Waals surface area contributed by atoms with Gasteiger partial charge in [-0.2, -0.15) is 0 Å². The van der Waals surface area contributed by atoms with Gasteiger partial charge in [0, 0.05) is 0 Å². The maximum absolute atomic E-state index is 12.1. The molecule has 0 aliphatic heterocycles. The van der Waals surface area contributed by atoms with Gasteiger partial charge in [-0.05, 0) is 31.9 Å². The molecule has 0 saturated heterocycles. The zero-order chi connectivity index (χ0) is 18.2. The molecule has 0 unspecified atom stereocenters. The van der Waals surface area contributed by atoms with Crippen molar-refractivity contribution in [2.45, 2.75) is 20.3 Å². The van der Waals surface area contributed by atoms with Crippen molar-refractivity contribution in [1.29, 1.82) is 0 Å². The molecular weight excluding hydrogens is 340 g/mol. The average molecular weight is 360 g/mol. The molecule has 1 amide bonds. The van der Waals surface area contributed by atoms with Gasteiger partial charge in [-0.1, -0.05) is 35.6 Å². The van der Waals surface area contributed by atoms with Gasteiger partial charge in [-0.3, -0.25) is 10.1 Å². The monoisotopic (exact) mass is 360 g/mol. The standard InChI is InChI=1S/C18H20N2O4S/c1-4-8-13-9-6-7-10-14(13)24-11-15(21)20-18-19-12(3)16(25-18)17(22)23-5-2/h4,6-7,9-10H,1,5,8,11H2,2-3H3,(H,19,20,21). The third-order valence-electron chi connectivity index (χ3n) is 3.20. The summed E-state index contributed by atoms with van der Waals surface area (Å²) < 4.78 is 10.5. The van der Waals surface area contributed by atoms with E-state index in [1.807, 2.05) is 18.2 Å². The summed E-state index contributed by atoms with van der Waals surface area (Å²) in [7, 11) is 0. The molecule has 132 valence electrons. The Morgan fingerprint density at radius 1 is 1.36 bits per heavy atom. The van der Waals surface area contributed by atoms with Gasteiger partial charge < -0.3 is 9.47 Å². The van der Waals surface area contributed by atoms with Crippen molar-refractivity contribution in [2.75, 3.05) is 18.5 Å². The molecule has 1 aromatic heterocycles. The molecule has 0 bridgehead atoms. The highest BCUT2D eigenvalue weighted by atomic mass is 32.1. The van der Waals surface area contributed by atoms with E-state index in [2.05, 4.69) is 16.9 Å². The fraction of sp³-hybridized carbons (Fsp3) is 0.278. The minimum absolute atomic E-state index is 0.151. The van der Waals surface area contributed by atoms with E-state index in [0.29, 0.717) is 27.9 Å². The van der Waals surface area contributed by atoms with Crippen LogP contribution in [-0.2, 0) is 16.0 Å². The summed E-state index contributed by atoms with van der Waals surface area (Å²) in [5.74, 6) is -0.148. The lowest BCUT2D eigenvalue weighted by molar-refractivity contribution is -0.118. The molecule has 0 radical (unpaired) electrons. The lowest BCUT2D eigenvalue weighted by Crippen LogP contribution is -2.20. The predicted molar refractivity (Wildman–Crippen MR) is 97.3 cm³/mol. The number of para-hydroxylation sites is 1. The average Bonchev–Trinajstić information content (AvgIpc) is 2.95. The summed E-state index contributed by atoms with van der Waals surface area (Å²) in [5.41, 5.74) is 1.48. The number of anilines is 1. The minimum atomic E-state index is -0.437. The molecule has 2 rings (SSSR count). The summed E-state index contributed by atoms with van der Waals surface area (Å²) in [5, 5.41) is 2.98. The Bertz CT molecular complexity index is 770. The van der Waals surface area contributed by atoms with Crippen molar-refractivity contribution in [3.63, 3.8) is 0 Å². The molecule has 1 aromatic carbocycles. The summed E-state index contributed by atoms with van der Waals surface area (Å²) in [4.78, 5) is 28.4. The first-order valence-electron chi connectivity index (χ1n) is 7.81. The number of carbonyl (C=O) groups is 2. The van der Waals surface area contributed by atoms with Gasteiger partial charge in [0.2, 0.25) is 0 Å². The first kappa shape index (κ1) is 18.7. The quantitative estimate of drug-likeness (QED) is 0.577. The number of nitrogens with zero attached hydrogens (tertiary/aromatic N) is 1. The number of hydrogen-bond donors (Lipinski definition) is 1. The summed E-state index contributed by atoms with van der Waals surface area (Å²) in [6, 6.07) is 7.47. The number of hydrogen-bond acceptors (Lipinski definition) is 6. The Balaban J connectivity index is 1.96. The number of thiazole rings is 1. The Hall–Kier alpha value is -2.67. The van der Waals surface area contributed by atoms with Crippen LogP contribution in [0.4, 0.5) is 5.13 Å². The first-order chi connectivity index (χ1) is 12.0. The van der Waals surface area contributed by atoms with Crippen LogP contribution in [0.3, 0.4) is 0 Å². The summed E-state index contributed by atoms with van der Waals surface area (Å²) in [6.45, 7) is 7.27. The summed E-state index contributed by atoms with van der Waals surface area (Å²) in [6.07, 6.45) is 2.43. The number of nitrogens with one attached hydrogen (secondary N) is 1. The van der Waals surface area contributed by atoms with Gasteiger partial charge in [0.15, 0.2) is 11.7 Å². The van der Waals surface area contributed by atoms with E-state index in [0.717, 1.165) is 16.9 Å². The van der Waals surface area contributed by atoms with E-state index in [9.17, 15) is 9.59 Å². The van der Waals surface area contributed by atoms with Crippen molar-refractivity contribution >= 4 is 28.3 Å². The van der Waals surface area contributed by atoms with E-state index < -0.39 is 5.97 Å². The van der Waals surface area contributed by atoms with Gasteiger partial charge >= 0.3 is 5.97 Å². The fourth-order valence-corrected chi connectivity index (χ4v) is 2.98. The highest BCUT2D eigenvalue weighted by Crippen LogP contribution is 2.23. The fourth-order valence-electron chi connectivity index (χ4n) is 2.10. The van der Waals surface area contributed by atoms with Crippen LogP contribution in [0.2, 0.25) is 0 Å². The third kappa shape index (κ3) is 5.15. The molecule has 0 aliphatic carbocycles. The van der Waals surface area contributed by atoms with E-state index >= 15 is 0 Å². The highest BCUT2D eigenvalue weighted by molar-refractivity contribution is 7.17. The molecule has 1 N–H and O–H groups in total. The number of esters is 1. The predicted octanol–water partition coefficient (Wildman–Crippen LogP) is 3.37. The number of benzene rings is 1. The second-order valence-electron chi connectivity index (χ2n) is 5.09. The van der Waals surface area contributed by atoms with Crippen LogP contribution >= 0.6 is 11.3 Å². The second-order valence-corrected chi connectivity index (χ2v) is 6.09. The molecule has 2 aromatic rings. The largest absolute Gasteiger partial charge is 0.483 e. The van der Waals surface area contributed by atoms with Crippen molar-refractivity contribution in [1.82, 2.24) is 4.98 Å². The van der Waals surface area contributed by atoms with Crippen LogP contribution in [0.5, 0.6) is 5.75 Å². The van der Waals surface area contributed by atoms with Crippen LogP contribution in [-0.4, -0.2) is 30.1 Å². The Morgan fingerprint density at radius 2 is 2.12 bits per heavy atom. The van der Waals surface area contributed by atoms with Gasteiger partial charge in [0.1, 0.15) is 10.6 Å². The third-order valence-corrected chi connectivity index (χ3v) is 4.25. The van der Waals surface area contributed by atoms with E-state index in [-0.39, 0.29) is 19.1 Å². The SMILES string of the molecule is C=CCc1ccccc1OCC(=O)Nc1nc(C)c(C(=O)OCC)s1. The number of aromatic nitrogens is 1. The first-order valence-corrected chi connectivity index (χ1v) is 8.62. The van der Waals surface area contributed by atoms with Crippen molar-refractivity contribution in [3.05, 3.63) is 53.1 Å². The van der Waals surface area contributed by atoms with Gasteiger partial charge in [-0.15, -0.1) is 6.58 Å². The zero-order valence-corrected chi connectivity index (χ0v) is 15.0. The second kappa shape index (κ2) is 8.98. The number of amides is 1. The van der Waals surface area contributed by atoms with E-state index in [1.54, 1.807) is 26.0 Å². The van der Waals surface area contributed by atoms with E-state index in [4.69, 9.17) is 9.47 Å². The molecular formula is C18H20N2O4S. The number of ether oxygens (including phenoxy) is 2. The van der Waals surface area contributed by atoms with Crippen molar-refractivity contribution in [2.24, 2.45) is 0 Å². The number of allylic oxidation sites excluding steroid dienone is 1. The Labute approximate surface area is 150 Å². The van der Waals surface area contributed by atoms with Crippen LogP contribution in [0, 0.1) is 6.92 Å². The zero-order valence-electron chi connectivity index (χ0n) is 14.2. The molecule has 0 aliphatic rings. The number of aryl methyl sites for hydroxylation is 1. The molecule has 0 fully saturated rings. The maximum atomic E-state index is 12.1. The number of carbonyl (C=O) groups excluding carboxylic acids is 2. The van der Waals surface area contributed by atoms with Gasteiger partial charge in [-0.25, -0.2) is 9.78 Å². The van der Waals surface area contributed by atoms with Crippen LogP contribution < -0.4 is 10.1 Å². The minimum Gasteiger partial charge on any atom is -0.483 e. The molecule has 6 nitrogen and oxygen atoms in total.